The maximum Gasteiger partial charge on any atom is 0.272 e. The summed E-state index contributed by atoms with van der Waals surface area (Å²) in [7, 11) is 0. The summed E-state index contributed by atoms with van der Waals surface area (Å²) >= 11 is 5.86. The molecule has 0 spiro atoms. The standard InChI is InChI=1S/C16H11ClN2O2/c17-15-11-14(19(20)21)10-13(16(15)18)9-5-4-8-12-6-2-1-3-7-12/h1-4,6-8,10-11H,18H2. The summed E-state index contributed by atoms with van der Waals surface area (Å²) in [6.07, 6.45) is 3.49. The molecule has 0 bridgehead atoms. The second-order valence-electron chi connectivity index (χ2n) is 4.16. The van der Waals surface area contributed by atoms with E-state index < -0.39 is 4.92 Å². The average molecular weight is 299 g/mol. The van der Waals surface area contributed by atoms with E-state index in [-0.39, 0.29) is 16.4 Å². The van der Waals surface area contributed by atoms with Crippen molar-refractivity contribution in [2.75, 3.05) is 5.73 Å². The highest BCUT2D eigenvalue weighted by molar-refractivity contribution is 6.33. The monoisotopic (exact) mass is 298 g/mol. The molecule has 0 aromatic heterocycles. The molecule has 2 aromatic rings. The summed E-state index contributed by atoms with van der Waals surface area (Å²) in [5.74, 6) is 5.56. The molecule has 0 aliphatic carbocycles. The Morgan fingerprint density at radius 3 is 2.62 bits per heavy atom. The van der Waals surface area contributed by atoms with E-state index in [1.807, 2.05) is 36.4 Å². The molecule has 2 rings (SSSR count). The first-order valence-corrected chi connectivity index (χ1v) is 6.42. The van der Waals surface area contributed by atoms with Crippen LogP contribution in [-0.4, -0.2) is 4.92 Å². The number of rotatable bonds is 2. The molecule has 0 saturated heterocycles. The Balaban J connectivity index is 2.26. The Kier molecular flexibility index (Phi) is 4.60. The van der Waals surface area contributed by atoms with E-state index in [0.717, 1.165) is 5.56 Å². The van der Waals surface area contributed by atoms with Gasteiger partial charge in [0, 0.05) is 12.1 Å². The van der Waals surface area contributed by atoms with Crippen molar-refractivity contribution >= 4 is 29.1 Å². The van der Waals surface area contributed by atoms with Gasteiger partial charge >= 0.3 is 0 Å². The van der Waals surface area contributed by atoms with E-state index >= 15 is 0 Å². The molecule has 0 amide bonds. The molecule has 0 aliphatic rings. The molecule has 2 aromatic carbocycles. The molecule has 0 atom stereocenters. The van der Waals surface area contributed by atoms with Crippen LogP contribution in [0.5, 0.6) is 0 Å². The Labute approximate surface area is 127 Å². The van der Waals surface area contributed by atoms with Gasteiger partial charge in [0.1, 0.15) is 0 Å². The van der Waals surface area contributed by atoms with Gasteiger partial charge < -0.3 is 5.73 Å². The van der Waals surface area contributed by atoms with Crippen molar-refractivity contribution in [2.45, 2.75) is 0 Å². The smallest absolute Gasteiger partial charge is 0.272 e. The van der Waals surface area contributed by atoms with Crippen molar-refractivity contribution < 1.29 is 4.92 Å². The quantitative estimate of drug-likeness (QED) is 0.396. The molecule has 0 unspecified atom stereocenters. The van der Waals surface area contributed by atoms with Gasteiger partial charge in [-0.2, -0.15) is 0 Å². The van der Waals surface area contributed by atoms with E-state index in [2.05, 4.69) is 11.8 Å². The molecule has 5 heteroatoms. The minimum atomic E-state index is -0.531. The molecule has 0 aliphatic heterocycles. The largest absolute Gasteiger partial charge is 0.397 e. The number of allylic oxidation sites excluding steroid dienone is 1. The number of hydrogen-bond acceptors (Lipinski definition) is 3. The van der Waals surface area contributed by atoms with Crippen molar-refractivity contribution in [1.29, 1.82) is 0 Å². The zero-order valence-corrected chi connectivity index (χ0v) is 11.7. The van der Waals surface area contributed by atoms with Crippen LogP contribution < -0.4 is 5.73 Å². The number of halogens is 1. The molecular formula is C16H11ClN2O2. The Bertz CT molecular complexity index is 759. The summed E-state index contributed by atoms with van der Waals surface area (Å²) in [5.41, 5.74) is 7.22. The molecule has 21 heavy (non-hydrogen) atoms. The Morgan fingerprint density at radius 2 is 1.95 bits per heavy atom. The van der Waals surface area contributed by atoms with Gasteiger partial charge in [-0.05, 0) is 17.7 Å². The lowest BCUT2D eigenvalue weighted by molar-refractivity contribution is -0.384. The predicted molar refractivity (Wildman–Crippen MR) is 84.9 cm³/mol. The summed E-state index contributed by atoms with van der Waals surface area (Å²) in [5, 5.41) is 10.9. The van der Waals surface area contributed by atoms with Crippen molar-refractivity contribution in [3.63, 3.8) is 0 Å². The first-order valence-electron chi connectivity index (χ1n) is 6.04. The highest BCUT2D eigenvalue weighted by Gasteiger charge is 2.12. The number of non-ortho nitro benzene ring substituents is 1. The van der Waals surface area contributed by atoms with Gasteiger partial charge in [0.15, 0.2) is 0 Å². The van der Waals surface area contributed by atoms with Crippen LogP contribution in [0.25, 0.3) is 6.08 Å². The molecule has 104 valence electrons. The lowest BCUT2D eigenvalue weighted by Crippen LogP contribution is -1.95. The number of anilines is 1. The van der Waals surface area contributed by atoms with Crippen LogP contribution in [-0.2, 0) is 0 Å². The fraction of sp³-hybridized carbons (Fsp3) is 0. The predicted octanol–water partition coefficient (Wildman–Crippen LogP) is 3.90. The van der Waals surface area contributed by atoms with Gasteiger partial charge in [0.2, 0.25) is 0 Å². The van der Waals surface area contributed by atoms with E-state index in [0.29, 0.717) is 5.56 Å². The van der Waals surface area contributed by atoms with Crippen molar-refractivity contribution in [3.8, 4) is 11.8 Å². The minimum Gasteiger partial charge on any atom is -0.397 e. The molecule has 0 saturated carbocycles. The van der Waals surface area contributed by atoms with Crippen LogP contribution in [0.1, 0.15) is 11.1 Å². The third-order valence-electron chi connectivity index (χ3n) is 2.69. The summed E-state index contributed by atoms with van der Waals surface area (Å²) in [4.78, 5) is 10.2. The van der Waals surface area contributed by atoms with Crippen molar-refractivity contribution in [2.24, 2.45) is 0 Å². The summed E-state index contributed by atoms with van der Waals surface area (Å²) < 4.78 is 0. The zero-order chi connectivity index (χ0) is 15.2. The topological polar surface area (TPSA) is 69.2 Å². The van der Waals surface area contributed by atoms with Crippen LogP contribution in [0, 0.1) is 22.0 Å². The van der Waals surface area contributed by atoms with Gasteiger partial charge in [-0.3, -0.25) is 10.1 Å². The number of benzene rings is 2. The summed E-state index contributed by atoms with van der Waals surface area (Å²) in [6, 6.07) is 12.2. The minimum absolute atomic E-state index is 0.125. The van der Waals surface area contributed by atoms with Crippen LogP contribution in [0.3, 0.4) is 0 Å². The van der Waals surface area contributed by atoms with Gasteiger partial charge in [-0.1, -0.05) is 53.8 Å². The second kappa shape index (κ2) is 6.60. The van der Waals surface area contributed by atoms with Gasteiger partial charge in [-0.15, -0.1) is 0 Å². The SMILES string of the molecule is Nc1c(Cl)cc([N+](=O)[O-])cc1C#CC=Cc1ccccc1. The van der Waals surface area contributed by atoms with E-state index in [1.165, 1.54) is 12.1 Å². The maximum atomic E-state index is 10.8. The van der Waals surface area contributed by atoms with Crippen LogP contribution >= 0.6 is 11.6 Å². The molecular weight excluding hydrogens is 288 g/mol. The molecule has 0 radical (unpaired) electrons. The van der Waals surface area contributed by atoms with E-state index in [9.17, 15) is 10.1 Å². The number of nitrogens with zero attached hydrogens (tertiary/aromatic N) is 1. The molecule has 0 heterocycles. The van der Waals surface area contributed by atoms with Crippen LogP contribution in [0.2, 0.25) is 5.02 Å². The Morgan fingerprint density at radius 1 is 1.24 bits per heavy atom. The number of hydrogen-bond donors (Lipinski definition) is 1. The van der Waals surface area contributed by atoms with Crippen molar-refractivity contribution in [3.05, 3.63) is 74.8 Å². The molecule has 2 N–H and O–H groups in total. The van der Waals surface area contributed by atoms with Gasteiger partial charge in [-0.25, -0.2) is 0 Å². The second-order valence-corrected chi connectivity index (χ2v) is 4.57. The van der Waals surface area contributed by atoms with E-state index in [1.54, 1.807) is 6.08 Å². The third-order valence-corrected chi connectivity index (χ3v) is 3.00. The normalized spacial score (nSPS) is 10.1. The zero-order valence-electron chi connectivity index (χ0n) is 10.9. The van der Waals surface area contributed by atoms with Gasteiger partial charge in [0.05, 0.1) is 21.2 Å². The Hall–Kier alpha value is -2.77. The number of nitro benzene ring substituents is 1. The number of nitro groups is 1. The van der Waals surface area contributed by atoms with Crippen LogP contribution in [0.4, 0.5) is 11.4 Å². The average Bonchev–Trinajstić information content (AvgIpc) is 2.48. The lowest BCUT2D eigenvalue weighted by Gasteiger charge is -2.01. The maximum absolute atomic E-state index is 10.8. The van der Waals surface area contributed by atoms with Crippen molar-refractivity contribution in [1.82, 2.24) is 0 Å². The molecule has 4 nitrogen and oxygen atoms in total. The number of nitrogen functional groups attached to an aromatic ring is 1. The summed E-state index contributed by atoms with van der Waals surface area (Å²) in [6.45, 7) is 0. The molecule has 0 fully saturated rings. The number of nitrogens with two attached hydrogens (primary N) is 1. The van der Waals surface area contributed by atoms with Crippen LogP contribution in [0.15, 0.2) is 48.5 Å². The van der Waals surface area contributed by atoms with E-state index in [4.69, 9.17) is 17.3 Å². The van der Waals surface area contributed by atoms with Gasteiger partial charge in [0.25, 0.3) is 5.69 Å². The fourth-order valence-corrected chi connectivity index (χ4v) is 1.85. The third kappa shape index (κ3) is 3.85. The first-order chi connectivity index (χ1) is 10.1. The highest BCUT2D eigenvalue weighted by Crippen LogP contribution is 2.28. The highest BCUT2D eigenvalue weighted by atomic mass is 35.5. The first kappa shape index (κ1) is 14.6. The lowest BCUT2D eigenvalue weighted by atomic mass is 10.1. The fourth-order valence-electron chi connectivity index (χ4n) is 1.63.